The van der Waals surface area contributed by atoms with Crippen molar-refractivity contribution in [3.63, 3.8) is 0 Å². The van der Waals surface area contributed by atoms with Gasteiger partial charge in [-0.2, -0.15) is 5.48 Å². The highest BCUT2D eigenvalue weighted by molar-refractivity contribution is 7.92. The molecule has 0 saturated carbocycles. The number of nitrogens with one attached hydrogen (secondary N) is 1. The van der Waals surface area contributed by atoms with Crippen molar-refractivity contribution >= 4 is 27.3 Å². The lowest BCUT2D eigenvalue weighted by Gasteiger charge is -2.37. The van der Waals surface area contributed by atoms with Gasteiger partial charge in [0.25, 0.3) is 5.91 Å². The van der Waals surface area contributed by atoms with Crippen LogP contribution in [0.1, 0.15) is 0 Å². The molecule has 1 saturated heterocycles. The first-order chi connectivity index (χ1) is 9.94. The summed E-state index contributed by atoms with van der Waals surface area (Å²) in [6.45, 7) is 0. The molecule has 108 valence electrons. The maximum absolute atomic E-state index is 12.8. The zero-order valence-corrected chi connectivity index (χ0v) is 12.2. The fourth-order valence-corrected chi connectivity index (χ4v) is 4.59. The van der Waals surface area contributed by atoms with E-state index in [1.807, 2.05) is 0 Å². The highest BCUT2D eigenvalue weighted by atomic mass is 35.5. The standard InChI is InChI=1S/C14H10ClNO4S/c15-14-9-13(17)16-20-11(14)7-4-8-12(14)21(18,19)10-5-2-1-3-6-10/h1-8,12H,(H,16,17). The van der Waals surface area contributed by atoms with Crippen molar-refractivity contribution < 1.29 is 18.0 Å². The van der Waals surface area contributed by atoms with Gasteiger partial charge in [-0.15, -0.1) is 11.6 Å². The molecule has 7 heteroatoms. The number of carbonyl (C=O) groups excluding carboxylic acids is 1. The number of benzene rings is 1. The molecule has 0 spiro atoms. The molecule has 5 nitrogen and oxygen atoms in total. The molecule has 2 atom stereocenters. The molecule has 0 aromatic heterocycles. The molecule has 2 radical (unpaired) electrons. The number of hydrogen-bond donors (Lipinski definition) is 1. The van der Waals surface area contributed by atoms with Crippen LogP contribution in [0.5, 0.6) is 0 Å². The summed E-state index contributed by atoms with van der Waals surface area (Å²) in [4.78, 5) is 14.9. The fraction of sp³-hybridized carbons (Fsp3) is 0.143. The van der Waals surface area contributed by atoms with E-state index in [1.54, 1.807) is 18.2 Å². The monoisotopic (exact) mass is 323 g/mol. The second-order valence-electron chi connectivity index (χ2n) is 4.56. The van der Waals surface area contributed by atoms with E-state index in [0.717, 1.165) is 0 Å². The number of rotatable bonds is 2. The van der Waals surface area contributed by atoms with Gasteiger partial charge in [0.05, 0.1) is 4.90 Å². The maximum atomic E-state index is 12.8. The van der Waals surface area contributed by atoms with Gasteiger partial charge in [-0.1, -0.05) is 30.4 Å². The molecule has 2 aliphatic rings. The minimum atomic E-state index is -3.80. The minimum absolute atomic E-state index is 0.119. The second-order valence-corrected chi connectivity index (χ2v) is 7.23. The molecule has 3 rings (SSSR count). The van der Waals surface area contributed by atoms with Crippen LogP contribution >= 0.6 is 11.6 Å². The third kappa shape index (κ3) is 2.24. The summed E-state index contributed by atoms with van der Waals surface area (Å²) < 4.78 is 25.5. The quantitative estimate of drug-likeness (QED) is 0.835. The van der Waals surface area contributed by atoms with Crippen LogP contribution in [0.25, 0.3) is 0 Å². The number of allylic oxidation sites excluding steroid dienone is 3. The smallest absolute Gasteiger partial charge is 0.263 e. The molecule has 1 N–H and O–H groups in total. The fourth-order valence-electron chi connectivity index (χ4n) is 2.25. The predicted molar refractivity (Wildman–Crippen MR) is 75.7 cm³/mol. The summed E-state index contributed by atoms with van der Waals surface area (Å²) in [7, 11) is -3.80. The van der Waals surface area contributed by atoms with Crippen LogP contribution in [-0.2, 0) is 19.5 Å². The first-order valence-electron chi connectivity index (χ1n) is 6.06. The largest absolute Gasteiger partial charge is 0.382 e. The van der Waals surface area contributed by atoms with Crippen LogP contribution in [0.3, 0.4) is 0 Å². The lowest BCUT2D eigenvalue weighted by molar-refractivity contribution is -0.130. The molecule has 1 aliphatic heterocycles. The molecule has 1 aromatic rings. The Bertz CT molecular complexity index is 741. The lowest BCUT2D eigenvalue weighted by Crippen LogP contribution is -2.53. The van der Waals surface area contributed by atoms with E-state index in [9.17, 15) is 13.2 Å². The number of halogens is 1. The Morgan fingerprint density at radius 2 is 2.00 bits per heavy atom. The summed E-state index contributed by atoms with van der Waals surface area (Å²) in [5, 5.41) is -1.18. The molecule has 1 aromatic carbocycles. The van der Waals surface area contributed by atoms with Crippen molar-refractivity contribution in [2.75, 3.05) is 0 Å². The van der Waals surface area contributed by atoms with Crippen molar-refractivity contribution in [1.29, 1.82) is 0 Å². The topological polar surface area (TPSA) is 72.5 Å². The van der Waals surface area contributed by atoms with E-state index in [2.05, 4.69) is 11.9 Å². The van der Waals surface area contributed by atoms with E-state index in [0.29, 0.717) is 0 Å². The van der Waals surface area contributed by atoms with Crippen LogP contribution in [-0.4, -0.2) is 24.4 Å². The third-order valence-electron chi connectivity index (χ3n) is 3.24. The Balaban J connectivity index is 2.08. The first kappa shape index (κ1) is 14.2. The zero-order chi connectivity index (χ0) is 15.1. The number of amides is 1. The summed E-state index contributed by atoms with van der Waals surface area (Å²) in [5.74, 6) is -0.582. The SMILES string of the molecule is O=C1[C]C2(Cl)C(=CC=CC2S(=O)(=O)c2ccccc2)ON1. The first-order valence-corrected chi connectivity index (χ1v) is 7.99. The van der Waals surface area contributed by atoms with E-state index in [4.69, 9.17) is 16.4 Å². The average molecular weight is 324 g/mol. The van der Waals surface area contributed by atoms with E-state index in [-0.39, 0.29) is 10.7 Å². The Labute approximate surface area is 127 Å². The van der Waals surface area contributed by atoms with Crippen molar-refractivity contribution in [2.24, 2.45) is 0 Å². The van der Waals surface area contributed by atoms with Gasteiger partial charge in [0.1, 0.15) is 16.5 Å². The number of hydroxylamine groups is 1. The van der Waals surface area contributed by atoms with Gasteiger partial charge < -0.3 is 4.84 Å². The Morgan fingerprint density at radius 1 is 1.29 bits per heavy atom. The number of hydrogen-bond acceptors (Lipinski definition) is 4. The third-order valence-corrected chi connectivity index (χ3v) is 5.99. The van der Waals surface area contributed by atoms with E-state index in [1.165, 1.54) is 30.4 Å². The van der Waals surface area contributed by atoms with Gasteiger partial charge >= 0.3 is 0 Å². The molecule has 2 unspecified atom stereocenters. The van der Waals surface area contributed by atoms with Crippen molar-refractivity contribution in [3.05, 3.63) is 60.7 Å². The number of carbonyl (C=O) groups is 1. The van der Waals surface area contributed by atoms with Crippen LogP contribution in [0.4, 0.5) is 0 Å². The average Bonchev–Trinajstić information content (AvgIpc) is 2.46. The van der Waals surface area contributed by atoms with Crippen molar-refractivity contribution in [3.8, 4) is 0 Å². The van der Waals surface area contributed by atoms with Crippen LogP contribution in [0.2, 0.25) is 0 Å². The zero-order valence-electron chi connectivity index (χ0n) is 10.6. The van der Waals surface area contributed by atoms with Gasteiger partial charge in [-0.25, -0.2) is 8.42 Å². The Kier molecular flexibility index (Phi) is 3.30. The van der Waals surface area contributed by atoms with E-state index >= 15 is 0 Å². The van der Waals surface area contributed by atoms with Crippen LogP contribution < -0.4 is 5.48 Å². The number of sulfone groups is 1. The van der Waals surface area contributed by atoms with E-state index < -0.39 is 25.9 Å². The molecule has 1 heterocycles. The second kappa shape index (κ2) is 4.89. The minimum Gasteiger partial charge on any atom is -0.382 e. The van der Waals surface area contributed by atoms with Gasteiger partial charge in [-0.05, 0) is 18.2 Å². The Hall–Kier alpha value is -1.79. The van der Waals surface area contributed by atoms with Gasteiger partial charge in [-0.3, -0.25) is 4.79 Å². The van der Waals surface area contributed by atoms with Gasteiger partial charge in [0.2, 0.25) is 0 Å². The maximum Gasteiger partial charge on any atom is 0.263 e. The lowest BCUT2D eigenvalue weighted by atomic mass is 9.92. The number of alkyl halides is 1. The molecule has 1 aliphatic carbocycles. The van der Waals surface area contributed by atoms with Crippen molar-refractivity contribution in [1.82, 2.24) is 5.48 Å². The van der Waals surface area contributed by atoms with Crippen molar-refractivity contribution in [2.45, 2.75) is 15.0 Å². The van der Waals surface area contributed by atoms with Gasteiger partial charge in [0.15, 0.2) is 15.6 Å². The summed E-state index contributed by atoms with van der Waals surface area (Å²) in [6, 6.07) is 7.91. The molecular weight excluding hydrogens is 314 g/mol. The molecule has 0 bridgehead atoms. The number of fused-ring (bicyclic) bond motifs is 1. The molecule has 1 amide bonds. The Morgan fingerprint density at radius 3 is 2.71 bits per heavy atom. The molecule has 21 heavy (non-hydrogen) atoms. The van der Waals surface area contributed by atoms with Crippen LogP contribution in [0.15, 0.2) is 59.2 Å². The molecule has 1 fully saturated rings. The highest BCUT2D eigenvalue weighted by Gasteiger charge is 2.53. The summed E-state index contributed by atoms with van der Waals surface area (Å²) >= 11 is 6.38. The summed E-state index contributed by atoms with van der Waals surface area (Å²) in [6.07, 6.45) is 6.86. The highest BCUT2D eigenvalue weighted by Crippen LogP contribution is 2.42. The van der Waals surface area contributed by atoms with Gasteiger partial charge in [0, 0.05) is 0 Å². The van der Waals surface area contributed by atoms with Crippen LogP contribution in [0, 0.1) is 6.42 Å². The molecular formula is C14H10ClNO4S. The predicted octanol–water partition coefficient (Wildman–Crippen LogP) is 1.40. The summed E-state index contributed by atoms with van der Waals surface area (Å²) in [5.41, 5.74) is 2.09. The normalized spacial score (nSPS) is 28.1.